The fraction of sp³-hybridized carbons (Fsp3) is 0.118. The average Bonchev–Trinajstić information content (AvgIpc) is 1.56. The molecule has 0 spiro atoms. The molecule has 17 rings (SSSR count). The van der Waals surface area contributed by atoms with Crippen LogP contribution in [-0.2, 0) is 16.2 Å². The van der Waals surface area contributed by atoms with Gasteiger partial charge in [-0.15, -0.1) is 0 Å². The van der Waals surface area contributed by atoms with Gasteiger partial charge in [0.2, 0.25) is 0 Å². The van der Waals surface area contributed by atoms with Crippen molar-refractivity contribution in [3.63, 3.8) is 0 Å². The number of aryl methyl sites for hydroxylation is 4. The first-order valence-corrected chi connectivity index (χ1v) is 33.6. The number of rotatable bonds is 12. The Bertz CT molecular complexity index is 5390. The summed E-state index contributed by atoms with van der Waals surface area (Å²) in [5, 5.41) is 4.81. The second-order valence-electron chi connectivity index (χ2n) is 27.5. The minimum Gasteiger partial charge on any atom is -0.310 e. The Morgan fingerprint density at radius 2 is 0.800 bits per heavy atom. The van der Waals surface area contributed by atoms with Gasteiger partial charge in [0.15, 0.2) is 0 Å². The molecule has 0 heterocycles. The standard InChI is InChI=1S/C93H74N2/c1-9-63-37-41-67(42-38-63)92(83-53-59(3)33-35-61(83)5)81-29-17-15-27-75(81)79-51-47-71(57-87(79)92)94(89-31-19-23-65-21-11-13-25-73(65)89)69-45-49-77-78-50-46-70(56-86(78)91(7,8)85(77)55-69)95(90-32-20-24-66-22-12-14-26-74(66)90)72-48-52-80-76-28-16-18-30-82(76)93(88(80)58-72,68-43-39-64(10-2)40-44-68)84-54-60(4)34-36-62(84)6/h9-58,77,85H,1-2H2,3-8H3. The van der Waals surface area contributed by atoms with E-state index in [-0.39, 0.29) is 17.3 Å². The van der Waals surface area contributed by atoms with Crippen LogP contribution >= 0.6 is 0 Å². The monoisotopic (exact) mass is 1220 g/mol. The summed E-state index contributed by atoms with van der Waals surface area (Å²) in [5.41, 5.74) is 30.5. The zero-order valence-electron chi connectivity index (χ0n) is 54.8. The van der Waals surface area contributed by atoms with Crippen LogP contribution in [0, 0.1) is 33.6 Å². The topological polar surface area (TPSA) is 6.48 Å². The minimum absolute atomic E-state index is 0.136. The molecule has 0 saturated carbocycles. The summed E-state index contributed by atoms with van der Waals surface area (Å²) in [6, 6.07) is 104. The Morgan fingerprint density at radius 1 is 0.368 bits per heavy atom. The lowest BCUT2D eigenvalue weighted by Crippen LogP contribution is -2.30. The molecular weight excluding hydrogens is 1150 g/mol. The second kappa shape index (κ2) is 22.0. The van der Waals surface area contributed by atoms with E-state index in [1.54, 1.807) is 0 Å². The van der Waals surface area contributed by atoms with Gasteiger partial charge in [0, 0.05) is 39.4 Å². The molecule has 0 saturated heterocycles. The van der Waals surface area contributed by atoms with E-state index in [1.165, 1.54) is 122 Å². The third kappa shape index (κ3) is 8.63. The van der Waals surface area contributed by atoms with Crippen LogP contribution in [0.15, 0.2) is 310 Å². The molecule has 0 fully saturated rings. The molecule has 0 aliphatic heterocycles. The molecule has 4 atom stereocenters. The molecule has 4 unspecified atom stereocenters. The highest BCUT2D eigenvalue weighted by molar-refractivity contribution is 6.01. The normalized spacial score (nSPS) is 18.3. The summed E-state index contributed by atoms with van der Waals surface area (Å²) in [7, 11) is 0. The highest BCUT2D eigenvalue weighted by atomic mass is 15.2. The van der Waals surface area contributed by atoms with E-state index >= 15 is 0 Å². The van der Waals surface area contributed by atoms with Crippen molar-refractivity contribution in [1.82, 2.24) is 0 Å². The minimum atomic E-state index is -0.611. The van der Waals surface area contributed by atoms with E-state index in [0.717, 1.165) is 45.3 Å². The molecule has 0 radical (unpaired) electrons. The molecular formula is C93H74N2. The predicted molar refractivity (Wildman–Crippen MR) is 401 cm³/mol. The average molecular weight is 1220 g/mol. The summed E-state index contributed by atoms with van der Waals surface area (Å²) in [6.45, 7) is 22.3. The summed E-state index contributed by atoms with van der Waals surface area (Å²) in [4.78, 5) is 5.12. The van der Waals surface area contributed by atoms with Crippen molar-refractivity contribution in [2.75, 3.05) is 9.80 Å². The highest BCUT2D eigenvalue weighted by Gasteiger charge is 2.50. The summed E-state index contributed by atoms with van der Waals surface area (Å²) < 4.78 is 0. The van der Waals surface area contributed by atoms with E-state index < -0.39 is 10.8 Å². The molecule has 0 bridgehead atoms. The number of hydrogen-bond acceptors (Lipinski definition) is 2. The van der Waals surface area contributed by atoms with Crippen molar-refractivity contribution in [3.05, 3.63) is 399 Å². The van der Waals surface area contributed by atoms with Gasteiger partial charge in [0.1, 0.15) is 0 Å². The van der Waals surface area contributed by atoms with Crippen LogP contribution in [-0.4, -0.2) is 0 Å². The Hall–Kier alpha value is -11.1. The van der Waals surface area contributed by atoms with Crippen molar-refractivity contribution in [2.24, 2.45) is 5.92 Å². The van der Waals surface area contributed by atoms with Crippen molar-refractivity contribution in [1.29, 1.82) is 0 Å². The van der Waals surface area contributed by atoms with E-state index in [9.17, 15) is 0 Å². The number of nitrogens with zero attached hydrogens (tertiary/aromatic N) is 2. The zero-order valence-corrected chi connectivity index (χ0v) is 54.8. The van der Waals surface area contributed by atoms with E-state index in [4.69, 9.17) is 0 Å². The first-order chi connectivity index (χ1) is 46.4. The third-order valence-corrected chi connectivity index (χ3v) is 22.0. The van der Waals surface area contributed by atoms with E-state index in [0.29, 0.717) is 0 Å². The Balaban J connectivity index is 0.838. The van der Waals surface area contributed by atoms with Crippen LogP contribution < -0.4 is 9.80 Å². The van der Waals surface area contributed by atoms with Gasteiger partial charge < -0.3 is 9.80 Å². The third-order valence-electron chi connectivity index (χ3n) is 22.0. The van der Waals surface area contributed by atoms with Crippen LogP contribution in [0.1, 0.15) is 109 Å². The van der Waals surface area contributed by atoms with Crippen LogP contribution in [0.3, 0.4) is 0 Å². The maximum atomic E-state index is 4.16. The summed E-state index contributed by atoms with van der Waals surface area (Å²) in [6.07, 6.45) is 11.5. The Kier molecular flexibility index (Phi) is 13.4. The zero-order chi connectivity index (χ0) is 64.5. The molecule has 95 heavy (non-hydrogen) atoms. The van der Waals surface area contributed by atoms with Gasteiger partial charge in [-0.3, -0.25) is 0 Å². The van der Waals surface area contributed by atoms with Gasteiger partial charge >= 0.3 is 0 Å². The fourth-order valence-electron chi connectivity index (χ4n) is 17.5. The SMILES string of the molecule is C=Cc1ccc(C2(c3cc(C)ccc3C)c3ccccc3-c3ccc(N(C4=CC5C(C=C4)c4ccc(N(c6ccc7c(c6)C(c6ccc(C=C)cc6)(c6cc(C)ccc6C)c6ccccc6-7)c6cccc7ccccc67)cc4C5(C)C)c4cccc5ccccc45)cc32)cc1. The number of anilines is 5. The van der Waals surface area contributed by atoms with Gasteiger partial charge in [-0.05, 0) is 205 Å². The van der Waals surface area contributed by atoms with Crippen molar-refractivity contribution < 1.29 is 0 Å². The molecule has 0 amide bonds. The lowest BCUT2D eigenvalue weighted by atomic mass is 9.66. The van der Waals surface area contributed by atoms with Crippen molar-refractivity contribution >= 4 is 62.1 Å². The lowest BCUT2D eigenvalue weighted by Gasteiger charge is -2.37. The first-order valence-electron chi connectivity index (χ1n) is 33.6. The second-order valence-corrected chi connectivity index (χ2v) is 27.5. The van der Waals surface area contributed by atoms with Gasteiger partial charge in [0.25, 0.3) is 0 Å². The number of hydrogen-bond donors (Lipinski definition) is 0. The fourth-order valence-corrected chi connectivity index (χ4v) is 17.5. The predicted octanol–water partition coefficient (Wildman–Crippen LogP) is 24.0. The molecule has 13 aromatic rings. The molecule has 2 nitrogen and oxygen atoms in total. The van der Waals surface area contributed by atoms with Gasteiger partial charge in [-0.1, -0.05) is 287 Å². The molecule has 2 heteroatoms. The molecule has 0 aromatic heterocycles. The molecule has 13 aromatic carbocycles. The van der Waals surface area contributed by atoms with Crippen LogP contribution in [0.5, 0.6) is 0 Å². The van der Waals surface area contributed by atoms with Crippen LogP contribution in [0.2, 0.25) is 0 Å². The quantitative estimate of drug-likeness (QED) is 0.120. The first kappa shape index (κ1) is 57.8. The maximum absolute atomic E-state index is 4.16. The highest BCUT2D eigenvalue weighted by Crippen LogP contribution is 2.62. The van der Waals surface area contributed by atoms with Gasteiger partial charge in [-0.25, -0.2) is 0 Å². The molecule has 0 N–H and O–H groups in total. The Morgan fingerprint density at radius 3 is 1.32 bits per heavy atom. The van der Waals surface area contributed by atoms with Gasteiger partial charge in [0.05, 0.1) is 22.2 Å². The van der Waals surface area contributed by atoms with Crippen molar-refractivity contribution in [2.45, 2.75) is 63.7 Å². The largest absolute Gasteiger partial charge is 0.310 e. The summed E-state index contributed by atoms with van der Waals surface area (Å²) in [5.74, 6) is 0.295. The van der Waals surface area contributed by atoms with Crippen LogP contribution in [0.25, 0.3) is 56.0 Å². The number of allylic oxidation sites excluding steroid dienone is 3. The number of benzene rings is 13. The van der Waals surface area contributed by atoms with E-state index in [2.05, 4.69) is 356 Å². The number of fused-ring (bicyclic) bond motifs is 11. The molecule has 456 valence electrons. The van der Waals surface area contributed by atoms with Crippen LogP contribution in [0.4, 0.5) is 28.4 Å². The van der Waals surface area contributed by atoms with Crippen molar-refractivity contribution in [3.8, 4) is 22.3 Å². The lowest BCUT2D eigenvalue weighted by molar-refractivity contribution is 0.392. The smallest absolute Gasteiger partial charge is 0.0716 e. The summed E-state index contributed by atoms with van der Waals surface area (Å²) >= 11 is 0. The molecule has 4 aliphatic carbocycles. The van der Waals surface area contributed by atoms with Gasteiger partial charge in [-0.2, -0.15) is 0 Å². The maximum Gasteiger partial charge on any atom is 0.0716 e. The Labute approximate surface area is 559 Å². The van der Waals surface area contributed by atoms with E-state index in [1.807, 2.05) is 12.2 Å². The molecule has 4 aliphatic rings.